The summed E-state index contributed by atoms with van der Waals surface area (Å²) < 4.78 is 0. The van der Waals surface area contributed by atoms with Gasteiger partial charge in [0.05, 0.1) is 0 Å². The van der Waals surface area contributed by atoms with Gasteiger partial charge in [0.25, 0.3) is 0 Å². The van der Waals surface area contributed by atoms with E-state index in [4.69, 9.17) is 0 Å². The Hall–Kier alpha value is -2.09. The number of hydrogen-bond acceptors (Lipinski definition) is 2. The van der Waals surface area contributed by atoms with Crippen molar-refractivity contribution in [1.82, 2.24) is 0 Å². The fraction of sp³-hybridized carbons (Fsp3) is 0.278. The van der Waals surface area contributed by atoms with Crippen LogP contribution in [0.4, 0.5) is 5.69 Å². The topological polar surface area (TPSA) is 29.1 Å². The van der Waals surface area contributed by atoms with E-state index < -0.39 is 0 Å². The van der Waals surface area contributed by atoms with Crippen LogP contribution in [0.2, 0.25) is 0 Å². The molecule has 0 spiro atoms. The first kappa shape index (κ1) is 12.9. The Balaban J connectivity index is 1.74. The van der Waals surface area contributed by atoms with E-state index in [2.05, 4.69) is 23.5 Å². The fourth-order valence-corrected chi connectivity index (χ4v) is 2.81. The van der Waals surface area contributed by atoms with Crippen molar-refractivity contribution in [3.63, 3.8) is 0 Å². The number of nitrogens with one attached hydrogen (secondary N) is 1. The van der Waals surface area contributed by atoms with Gasteiger partial charge in [-0.25, -0.2) is 0 Å². The molecular weight excluding hydrogens is 246 g/mol. The monoisotopic (exact) mass is 265 g/mol. The summed E-state index contributed by atoms with van der Waals surface area (Å²) in [6.45, 7) is 1.01. The molecule has 102 valence electrons. The van der Waals surface area contributed by atoms with E-state index >= 15 is 0 Å². The zero-order valence-electron chi connectivity index (χ0n) is 11.6. The predicted octanol–water partition coefficient (Wildman–Crippen LogP) is 3.86. The van der Waals surface area contributed by atoms with Gasteiger partial charge in [0.2, 0.25) is 0 Å². The summed E-state index contributed by atoms with van der Waals surface area (Å²) >= 11 is 0. The highest BCUT2D eigenvalue weighted by Gasteiger charge is 2.16. The molecule has 0 atom stereocenters. The average Bonchev–Trinajstić information content (AvgIpc) is 2.53. The highest BCUT2D eigenvalue weighted by atomic mass is 16.1. The maximum absolute atomic E-state index is 12.5. The summed E-state index contributed by atoms with van der Waals surface area (Å²) in [5.74, 6) is 0.259. The third-order valence-electron chi connectivity index (χ3n) is 3.88. The van der Waals surface area contributed by atoms with Gasteiger partial charge >= 0.3 is 0 Å². The Labute approximate surface area is 119 Å². The molecule has 2 aromatic rings. The first-order valence-corrected chi connectivity index (χ1v) is 7.27. The highest BCUT2D eigenvalue weighted by molar-refractivity contribution is 5.99. The molecule has 1 aliphatic heterocycles. The summed E-state index contributed by atoms with van der Waals surface area (Å²) in [4.78, 5) is 12.5. The lowest BCUT2D eigenvalue weighted by Gasteiger charge is -2.20. The molecule has 0 bridgehead atoms. The predicted molar refractivity (Wildman–Crippen MR) is 82.3 cm³/mol. The van der Waals surface area contributed by atoms with E-state index in [1.165, 1.54) is 11.1 Å². The molecule has 0 saturated carbocycles. The molecule has 0 aliphatic carbocycles. The molecule has 2 nitrogen and oxygen atoms in total. The zero-order valence-corrected chi connectivity index (χ0v) is 11.6. The van der Waals surface area contributed by atoms with Crippen LogP contribution in [0.3, 0.4) is 0 Å². The molecule has 2 heteroatoms. The molecule has 0 aromatic heterocycles. The first-order chi connectivity index (χ1) is 9.84. The van der Waals surface area contributed by atoms with Crippen LogP contribution in [-0.2, 0) is 12.8 Å². The van der Waals surface area contributed by atoms with Gasteiger partial charge in [-0.3, -0.25) is 4.79 Å². The molecule has 0 unspecified atom stereocenters. The van der Waals surface area contributed by atoms with E-state index in [0.717, 1.165) is 37.1 Å². The molecule has 0 saturated heterocycles. The van der Waals surface area contributed by atoms with E-state index in [0.29, 0.717) is 6.42 Å². The summed E-state index contributed by atoms with van der Waals surface area (Å²) in [7, 11) is 0. The van der Waals surface area contributed by atoms with Gasteiger partial charge in [0, 0.05) is 24.2 Å². The van der Waals surface area contributed by atoms with E-state index in [9.17, 15) is 4.79 Å². The molecular formula is C18H19NO. The van der Waals surface area contributed by atoms with Crippen molar-refractivity contribution in [2.45, 2.75) is 25.7 Å². The molecule has 0 fully saturated rings. The van der Waals surface area contributed by atoms with Gasteiger partial charge in [0.15, 0.2) is 5.78 Å². The van der Waals surface area contributed by atoms with Gasteiger partial charge < -0.3 is 5.32 Å². The molecule has 1 heterocycles. The van der Waals surface area contributed by atoms with Crippen LogP contribution in [0.1, 0.15) is 34.3 Å². The number of fused-ring (bicyclic) bond motifs is 1. The van der Waals surface area contributed by atoms with Gasteiger partial charge in [0.1, 0.15) is 0 Å². The van der Waals surface area contributed by atoms with Crippen LogP contribution in [-0.4, -0.2) is 12.3 Å². The third-order valence-corrected chi connectivity index (χ3v) is 3.88. The fourth-order valence-electron chi connectivity index (χ4n) is 2.81. The minimum absolute atomic E-state index is 0.259. The second-order valence-electron chi connectivity index (χ2n) is 5.27. The van der Waals surface area contributed by atoms with Crippen molar-refractivity contribution in [1.29, 1.82) is 0 Å². The van der Waals surface area contributed by atoms with Crippen molar-refractivity contribution < 1.29 is 4.79 Å². The average molecular weight is 265 g/mol. The van der Waals surface area contributed by atoms with Crippen LogP contribution in [0.15, 0.2) is 48.5 Å². The van der Waals surface area contributed by atoms with Gasteiger partial charge in [-0.1, -0.05) is 42.5 Å². The molecule has 3 rings (SSSR count). The Morgan fingerprint density at radius 2 is 1.90 bits per heavy atom. The molecule has 1 N–H and O–H groups in total. The highest BCUT2D eigenvalue weighted by Crippen LogP contribution is 2.26. The number of hydrogen-bond donors (Lipinski definition) is 1. The quantitative estimate of drug-likeness (QED) is 0.850. The van der Waals surface area contributed by atoms with Crippen LogP contribution in [0, 0.1) is 0 Å². The number of Topliss-reactive ketones (excluding diaryl/α,β-unsaturated/α-hetero) is 1. The van der Waals surface area contributed by atoms with Crippen LogP contribution in [0.5, 0.6) is 0 Å². The Morgan fingerprint density at radius 3 is 2.75 bits per heavy atom. The summed E-state index contributed by atoms with van der Waals surface area (Å²) in [6.07, 6.45) is 3.52. The lowest BCUT2D eigenvalue weighted by atomic mass is 9.93. The standard InChI is InChI=1S/C18H19NO/c20-18(12-11-14-6-2-1-3-7-14)16-8-4-10-17-15(16)9-5-13-19-17/h1-4,6-8,10,19H,5,9,11-13H2. The minimum atomic E-state index is 0.259. The summed E-state index contributed by atoms with van der Waals surface area (Å²) in [6, 6.07) is 16.2. The van der Waals surface area contributed by atoms with Crippen LogP contribution in [0.25, 0.3) is 0 Å². The van der Waals surface area contributed by atoms with Gasteiger partial charge in [-0.05, 0) is 36.5 Å². The molecule has 0 amide bonds. The largest absolute Gasteiger partial charge is 0.385 e. The van der Waals surface area contributed by atoms with Crippen LogP contribution >= 0.6 is 0 Å². The molecule has 20 heavy (non-hydrogen) atoms. The van der Waals surface area contributed by atoms with Gasteiger partial charge in [-0.15, -0.1) is 0 Å². The van der Waals surface area contributed by atoms with E-state index in [1.807, 2.05) is 30.3 Å². The first-order valence-electron chi connectivity index (χ1n) is 7.27. The number of ketones is 1. The van der Waals surface area contributed by atoms with Crippen molar-refractivity contribution in [3.8, 4) is 0 Å². The van der Waals surface area contributed by atoms with Crippen molar-refractivity contribution in [3.05, 3.63) is 65.2 Å². The van der Waals surface area contributed by atoms with Crippen LogP contribution < -0.4 is 5.32 Å². The van der Waals surface area contributed by atoms with Crippen molar-refractivity contribution >= 4 is 11.5 Å². The smallest absolute Gasteiger partial charge is 0.163 e. The zero-order chi connectivity index (χ0) is 13.8. The second kappa shape index (κ2) is 5.91. The number of carbonyl (C=O) groups is 1. The van der Waals surface area contributed by atoms with Crippen molar-refractivity contribution in [2.75, 3.05) is 11.9 Å². The SMILES string of the molecule is O=C(CCc1ccccc1)c1cccc2c1CCCN2. The van der Waals surface area contributed by atoms with Gasteiger partial charge in [-0.2, -0.15) is 0 Å². The number of carbonyl (C=O) groups excluding carboxylic acids is 1. The third kappa shape index (κ3) is 2.74. The summed E-state index contributed by atoms with van der Waals surface area (Å²) in [5, 5.41) is 3.38. The molecule has 2 aromatic carbocycles. The van der Waals surface area contributed by atoms with Crippen molar-refractivity contribution in [2.24, 2.45) is 0 Å². The number of benzene rings is 2. The number of aryl methyl sites for hydroxylation is 1. The normalized spacial score (nSPS) is 13.4. The Morgan fingerprint density at radius 1 is 1.05 bits per heavy atom. The van der Waals surface area contributed by atoms with E-state index in [-0.39, 0.29) is 5.78 Å². The molecule has 1 aliphatic rings. The van der Waals surface area contributed by atoms with E-state index in [1.54, 1.807) is 0 Å². The lowest BCUT2D eigenvalue weighted by molar-refractivity contribution is 0.0982. The Bertz CT molecular complexity index is 604. The maximum atomic E-state index is 12.5. The molecule has 0 radical (unpaired) electrons. The lowest BCUT2D eigenvalue weighted by Crippen LogP contribution is -2.15. The Kier molecular flexibility index (Phi) is 3.82. The summed E-state index contributed by atoms with van der Waals surface area (Å²) in [5.41, 5.74) is 4.48. The number of anilines is 1. The minimum Gasteiger partial charge on any atom is -0.385 e. The number of rotatable bonds is 4. The maximum Gasteiger partial charge on any atom is 0.163 e. The second-order valence-corrected chi connectivity index (χ2v) is 5.27.